The predicted molar refractivity (Wildman–Crippen MR) is 82.2 cm³/mol. The molecule has 2 rings (SSSR count). The lowest BCUT2D eigenvalue weighted by atomic mass is 10.2. The largest absolute Gasteiger partial charge is 0.480 e. The zero-order valence-corrected chi connectivity index (χ0v) is 13.8. The van der Waals surface area contributed by atoms with Crippen LogP contribution in [-0.4, -0.2) is 66.8 Å². The molecule has 20 heavy (non-hydrogen) atoms. The summed E-state index contributed by atoms with van der Waals surface area (Å²) in [6, 6.07) is 2.14. The number of hydrogen-bond donors (Lipinski definition) is 1. The Labute approximate surface area is 131 Å². The summed E-state index contributed by atoms with van der Waals surface area (Å²) in [5, 5.41) is 10.9. The van der Waals surface area contributed by atoms with Crippen LogP contribution in [0.15, 0.2) is 15.2 Å². The van der Waals surface area contributed by atoms with Crippen molar-refractivity contribution in [2.45, 2.75) is 12.6 Å². The number of carboxylic acids is 1. The molecule has 7 heteroatoms. The summed E-state index contributed by atoms with van der Waals surface area (Å²) in [6.45, 7) is 4.10. The van der Waals surface area contributed by atoms with Crippen LogP contribution in [0.1, 0.15) is 5.56 Å². The molecule has 1 aromatic heterocycles. The fourth-order valence-corrected chi connectivity index (χ4v) is 3.56. The van der Waals surface area contributed by atoms with Crippen molar-refractivity contribution >= 4 is 33.2 Å². The van der Waals surface area contributed by atoms with Crippen LogP contribution in [0.25, 0.3) is 0 Å². The number of carboxylic acid groups (broad SMARTS) is 1. The molecule has 1 unspecified atom stereocenters. The molecule has 1 N–H and O–H groups in total. The number of nitrogens with zero attached hydrogens (tertiary/aromatic N) is 2. The molecule has 0 aliphatic carbocycles. The van der Waals surface area contributed by atoms with E-state index in [1.807, 2.05) is 7.05 Å². The number of ether oxygens (including phenoxy) is 1. The van der Waals surface area contributed by atoms with Crippen LogP contribution in [-0.2, 0) is 16.1 Å². The van der Waals surface area contributed by atoms with Gasteiger partial charge in [-0.05, 0) is 40.0 Å². The fourth-order valence-electron chi connectivity index (χ4n) is 2.36. The molecule has 0 aromatic carbocycles. The van der Waals surface area contributed by atoms with E-state index in [0.717, 1.165) is 23.4 Å². The van der Waals surface area contributed by atoms with Gasteiger partial charge in [0.15, 0.2) is 0 Å². The molecule has 0 spiro atoms. The van der Waals surface area contributed by atoms with Crippen LogP contribution in [0.3, 0.4) is 0 Å². The predicted octanol–water partition coefficient (Wildman–Crippen LogP) is 1.73. The van der Waals surface area contributed by atoms with Crippen molar-refractivity contribution in [3.8, 4) is 0 Å². The Balaban J connectivity index is 1.80. The van der Waals surface area contributed by atoms with Crippen LogP contribution in [0, 0.1) is 0 Å². The molecule has 1 atom stereocenters. The number of carbonyl (C=O) groups is 1. The van der Waals surface area contributed by atoms with Gasteiger partial charge in [-0.15, -0.1) is 11.3 Å². The molecule has 0 amide bonds. The average molecular weight is 363 g/mol. The van der Waals surface area contributed by atoms with Crippen molar-refractivity contribution in [1.82, 2.24) is 9.80 Å². The number of hydrogen-bond acceptors (Lipinski definition) is 5. The van der Waals surface area contributed by atoms with E-state index in [-0.39, 0.29) is 12.6 Å². The molecule has 0 bridgehead atoms. The van der Waals surface area contributed by atoms with Crippen LogP contribution in [0.4, 0.5) is 0 Å². The van der Waals surface area contributed by atoms with E-state index in [1.54, 1.807) is 16.2 Å². The highest BCUT2D eigenvalue weighted by Crippen LogP contribution is 2.22. The zero-order valence-electron chi connectivity index (χ0n) is 11.4. The van der Waals surface area contributed by atoms with Crippen LogP contribution >= 0.6 is 27.3 Å². The normalized spacial score (nSPS) is 20.4. The van der Waals surface area contributed by atoms with E-state index in [2.05, 4.69) is 32.3 Å². The quantitative estimate of drug-likeness (QED) is 0.834. The molecule has 112 valence electrons. The number of rotatable bonds is 6. The molecule has 1 saturated heterocycles. The lowest BCUT2D eigenvalue weighted by Crippen LogP contribution is -2.47. The van der Waals surface area contributed by atoms with E-state index in [4.69, 9.17) is 9.84 Å². The van der Waals surface area contributed by atoms with Gasteiger partial charge < -0.3 is 9.84 Å². The number of aliphatic carboxylic acids is 1. The number of halogens is 1. The smallest absolute Gasteiger partial charge is 0.317 e. The van der Waals surface area contributed by atoms with Gasteiger partial charge in [0.05, 0.1) is 23.0 Å². The van der Waals surface area contributed by atoms with E-state index < -0.39 is 5.97 Å². The van der Waals surface area contributed by atoms with Gasteiger partial charge in [0.1, 0.15) is 0 Å². The number of likely N-dealkylation sites (N-methyl/N-ethyl adjacent to an activating group) is 1. The number of morpholine rings is 1. The highest BCUT2D eigenvalue weighted by atomic mass is 79.9. The molecular weight excluding hydrogens is 344 g/mol. The number of thiophene rings is 1. The van der Waals surface area contributed by atoms with Gasteiger partial charge in [-0.2, -0.15) is 0 Å². The van der Waals surface area contributed by atoms with Crippen molar-refractivity contribution in [2.24, 2.45) is 0 Å². The molecule has 2 heterocycles. The first-order valence-corrected chi connectivity index (χ1v) is 8.17. The molecule has 1 aliphatic heterocycles. The lowest BCUT2D eigenvalue weighted by molar-refractivity contribution is -0.138. The third-order valence-electron chi connectivity index (χ3n) is 3.17. The first-order valence-electron chi connectivity index (χ1n) is 6.50. The summed E-state index contributed by atoms with van der Waals surface area (Å²) in [4.78, 5) is 14.8. The highest BCUT2D eigenvalue weighted by Gasteiger charge is 2.22. The molecule has 5 nitrogen and oxygen atoms in total. The van der Waals surface area contributed by atoms with Crippen molar-refractivity contribution < 1.29 is 14.6 Å². The summed E-state index contributed by atoms with van der Waals surface area (Å²) >= 11 is 5.17. The zero-order chi connectivity index (χ0) is 14.5. The topological polar surface area (TPSA) is 53.0 Å². The average Bonchev–Trinajstić information content (AvgIpc) is 2.74. The van der Waals surface area contributed by atoms with E-state index >= 15 is 0 Å². The minimum absolute atomic E-state index is 0.0529. The summed E-state index contributed by atoms with van der Waals surface area (Å²) in [5.74, 6) is -0.803. The van der Waals surface area contributed by atoms with E-state index in [1.165, 1.54) is 5.56 Å². The molecular formula is C13H19BrN2O3S. The van der Waals surface area contributed by atoms with Crippen LogP contribution in [0.2, 0.25) is 0 Å². The van der Waals surface area contributed by atoms with Crippen LogP contribution < -0.4 is 0 Å². The van der Waals surface area contributed by atoms with Gasteiger partial charge >= 0.3 is 5.97 Å². The maximum Gasteiger partial charge on any atom is 0.317 e. The Hall–Kier alpha value is -0.470. The summed E-state index contributed by atoms with van der Waals surface area (Å²) < 4.78 is 6.87. The minimum Gasteiger partial charge on any atom is -0.480 e. The first kappa shape index (κ1) is 15.9. The SMILES string of the molecule is CN(CC(=O)O)CC1CN(Cc2csc(Br)c2)CCO1. The minimum atomic E-state index is -0.803. The maximum atomic E-state index is 10.7. The Morgan fingerprint density at radius 2 is 2.50 bits per heavy atom. The third-order valence-corrected chi connectivity index (χ3v) is 4.72. The first-order chi connectivity index (χ1) is 9.52. The molecule has 0 saturated carbocycles. The molecule has 1 aliphatic rings. The molecule has 1 aromatic rings. The van der Waals surface area contributed by atoms with Gasteiger partial charge in [0.25, 0.3) is 0 Å². The molecule has 1 fully saturated rings. The monoisotopic (exact) mass is 362 g/mol. The Bertz CT molecular complexity index is 455. The Morgan fingerprint density at radius 1 is 1.70 bits per heavy atom. The second-order valence-electron chi connectivity index (χ2n) is 5.08. The molecule has 0 radical (unpaired) electrons. The summed E-state index contributed by atoms with van der Waals surface area (Å²) in [7, 11) is 1.81. The Kier molecular flexibility index (Phi) is 5.98. The standard InChI is InChI=1S/C13H19BrN2O3S/c1-15(8-13(17)18)6-11-7-16(2-3-19-11)5-10-4-12(14)20-9-10/h4,9,11H,2-3,5-8H2,1H3,(H,17,18). The second kappa shape index (κ2) is 7.51. The van der Waals surface area contributed by atoms with Crippen molar-refractivity contribution in [1.29, 1.82) is 0 Å². The highest BCUT2D eigenvalue weighted by molar-refractivity contribution is 9.11. The van der Waals surface area contributed by atoms with Gasteiger partial charge in [-0.1, -0.05) is 0 Å². The van der Waals surface area contributed by atoms with Crippen molar-refractivity contribution in [3.05, 3.63) is 20.8 Å². The van der Waals surface area contributed by atoms with E-state index in [0.29, 0.717) is 13.2 Å². The third kappa shape index (κ3) is 5.14. The second-order valence-corrected chi connectivity index (χ2v) is 7.37. The summed E-state index contributed by atoms with van der Waals surface area (Å²) in [5.41, 5.74) is 1.31. The Morgan fingerprint density at radius 3 is 3.15 bits per heavy atom. The maximum absolute atomic E-state index is 10.7. The van der Waals surface area contributed by atoms with Gasteiger partial charge in [-0.25, -0.2) is 0 Å². The van der Waals surface area contributed by atoms with Crippen molar-refractivity contribution in [2.75, 3.05) is 39.8 Å². The summed E-state index contributed by atoms with van der Waals surface area (Å²) in [6.07, 6.45) is 0.0789. The van der Waals surface area contributed by atoms with Gasteiger partial charge in [0, 0.05) is 26.2 Å². The van der Waals surface area contributed by atoms with Gasteiger partial charge in [0.2, 0.25) is 0 Å². The van der Waals surface area contributed by atoms with E-state index in [9.17, 15) is 4.79 Å². The van der Waals surface area contributed by atoms with Crippen molar-refractivity contribution in [3.63, 3.8) is 0 Å². The lowest BCUT2D eigenvalue weighted by Gasteiger charge is -2.34. The van der Waals surface area contributed by atoms with Gasteiger partial charge in [-0.3, -0.25) is 14.6 Å². The fraction of sp³-hybridized carbons (Fsp3) is 0.615. The van der Waals surface area contributed by atoms with Crippen LogP contribution in [0.5, 0.6) is 0 Å².